The summed E-state index contributed by atoms with van der Waals surface area (Å²) in [5.41, 5.74) is 9.14. The van der Waals surface area contributed by atoms with Crippen molar-refractivity contribution >= 4 is 5.97 Å². The van der Waals surface area contributed by atoms with E-state index < -0.39 is 11.9 Å². The molecule has 7 nitrogen and oxygen atoms in total. The smallest absolute Gasteiger partial charge is 0.349 e. The normalized spacial score (nSPS) is 14.0. The topological polar surface area (TPSA) is 104 Å². The van der Waals surface area contributed by atoms with Gasteiger partial charge in [-0.05, 0) is 60.0 Å². The molecule has 0 radical (unpaired) electrons. The van der Waals surface area contributed by atoms with Crippen molar-refractivity contribution in [1.29, 1.82) is 5.26 Å². The van der Waals surface area contributed by atoms with Gasteiger partial charge in [0, 0.05) is 11.6 Å². The van der Waals surface area contributed by atoms with Crippen LogP contribution in [-0.4, -0.2) is 12.6 Å². The second kappa shape index (κ2) is 11.4. The van der Waals surface area contributed by atoms with Gasteiger partial charge in [-0.3, -0.25) is 0 Å². The molecule has 0 fully saturated rings. The molecule has 39 heavy (non-hydrogen) atoms. The van der Waals surface area contributed by atoms with E-state index in [4.69, 9.17) is 24.7 Å². The van der Waals surface area contributed by atoms with Gasteiger partial charge in [0.25, 0.3) is 0 Å². The monoisotopic (exact) mass is 518 g/mol. The number of carbonyl (C=O) groups is 1. The van der Waals surface area contributed by atoms with Crippen LogP contribution in [0.2, 0.25) is 0 Å². The maximum absolute atomic E-state index is 12.4. The van der Waals surface area contributed by atoms with Crippen molar-refractivity contribution < 1.29 is 23.7 Å². The molecule has 0 bridgehead atoms. The van der Waals surface area contributed by atoms with Gasteiger partial charge in [-0.15, -0.1) is 0 Å². The number of fused-ring (bicyclic) bond motifs is 1. The molecule has 0 aromatic heterocycles. The number of carbonyl (C=O) groups excluding carboxylic acids is 1. The lowest BCUT2D eigenvalue weighted by atomic mass is 9.83. The lowest BCUT2D eigenvalue weighted by Gasteiger charge is -2.27. The maximum Gasteiger partial charge on any atom is 0.349 e. The molecule has 0 saturated heterocycles. The summed E-state index contributed by atoms with van der Waals surface area (Å²) in [6.07, 6.45) is 0.923. The highest BCUT2D eigenvalue weighted by Crippen LogP contribution is 2.44. The number of benzene rings is 4. The molecule has 5 rings (SSSR count). The Morgan fingerprint density at radius 1 is 0.897 bits per heavy atom. The van der Waals surface area contributed by atoms with Crippen molar-refractivity contribution in [3.63, 3.8) is 0 Å². The van der Waals surface area contributed by atoms with Crippen molar-refractivity contribution in [3.8, 4) is 34.8 Å². The van der Waals surface area contributed by atoms with Gasteiger partial charge in [0.05, 0.1) is 5.92 Å². The minimum atomic E-state index is -0.561. The number of para-hydroxylation sites is 1. The van der Waals surface area contributed by atoms with Gasteiger partial charge in [-0.25, -0.2) is 4.79 Å². The summed E-state index contributed by atoms with van der Waals surface area (Å²) in [4.78, 5) is 12.4. The molecule has 0 spiro atoms. The van der Waals surface area contributed by atoms with Crippen LogP contribution in [-0.2, 0) is 11.2 Å². The molecule has 4 aromatic carbocycles. The zero-order chi connectivity index (χ0) is 27.2. The summed E-state index contributed by atoms with van der Waals surface area (Å²) in [7, 11) is 0. The van der Waals surface area contributed by atoms with E-state index in [0.717, 1.165) is 12.0 Å². The number of nitrogens with zero attached hydrogens (tertiary/aromatic N) is 1. The van der Waals surface area contributed by atoms with Crippen LogP contribution in [0.25, 0.3) is 0 Å². The van der Waals surface area contributed by atoms with E-state index in [0.29, 0.717) is 28.6 Å². The van der Waals surface area contributed by atoms with Gasteiger partial charge in [0.1, 0.15) is 40.4 Å². The van der Waals surface area contributed by atoms with Crippen LogP contribution in [0.3, 0.4) is 0 Å². The molecule has 194 valence electrons. The van der Waals surface area contributed by atoms with Crippen molar-refractivity contribution in [2.45, 2.75) is 19.3 Å². The molecular weight excluding hydrogens is 492 g/mol. The highest BCUT2D eigenvalue weighted by atomic mass is 16.6. The van der Waals surface area contributed by atoms with E-state index in [1.54, 1.807) is 18.2 Å². The minimum absolute atomic E-state index is 0.00767. The minimum Gasteiger partial charge on any atom is -0.482 e. The van der Waals surface area contributed by atoms with E-state index in [9.17, 15) is 10.1 Å². The summed E-state index contributed by atoms with van der Waals surface area (Å²) in [6.45, 7) is 1.82. The lowest BCUT2D eigenvalue weighted by molar-refractivity contribution is -0.136. The number of hydrogen-bond donors (Lipinski definition) is 1. The molecule has 4 aromatic rings. The molecule has 1 heterocycles. The van der Waals surface area contributed by atoms with Crippen LogP contribution < -0.4 is 24.7 Å². The summed E-state index contributed by atoms with van der Waals surface area (Å²) < 4.78 is 22.8. The maximum atomic E-state index is 12.4. The number of allylic oxidation sites excluding steroid dienone is 1. The second-order valence-corrected chi connectivity index (χ2v) is 8.87. The summed E-state index contributed by atoms with van der Waals surface area (Å²) in [5.74, 6) is 1.52. The van der Waals surface area contributed by atoms with Crippen LogP contribution in [0.15, 0.2) is 109 Å². The third kappa shape index (κ3) is 5.86. The molecule has 1 aliphatic rings. The molecule has 1 atom stereocenters. The Labute approximate surface area is 226 Å². The van der Waals surface area contributed by atoms with Crippen molar-refractivity contribution in [3.05, 3.63) is 125 Å². The fourth-order valence-corrected chi connectivity index (χ4v) is 4.35. The first kappa shape index (κ1) is 25.4. The number of ether oxygens (including phenoxy) is 4. The van der Waals surface area contributed by atoms with Crippen LogP contribution in [0.4, 0.5) is 0 Å². The number of rotatable bonds is 8. The van der Waals surface area contributed by atoms with E-state index in [2.05, 4.69) is 13.0 Å². The molecule has 1 aliphatic heterocycles. The third-order valence-electron chi connectivity index (χ3n) is 6.28. The molecule has 2 N–H and O–H groups in total. The summed E-state index contributed by atoms with van der Waals surface area (Å²) in [6, 6.07) is 31.7. The van der Waals surface area contributed by atoms with Crippen molar-refractivity contribution in [1.82, 2.24) is 0 Å². The first-order chi connectivity index (χ1) is 19.0. The Balaban J connectivity index is 1.35. The fourth-order valence-electron chi connectivity index (χ4n) is 4.35. The van der Waals surface area contributed by atoms with E-state index in [1.807, 2.05) is 78.9 Å². The van der Waals surface area contributed by atoms with Crippen molar-refractivity contribution in [2.24, 2.45) is 5.73 Å². The van der Waals surface area contributed by atoms with E-state index in [-0.39, 0.29) is 23.8 Å². The SMILES string of the molecule is CCc1ccc(OCC(=O)Oc2ccc3c(c2)OC(N)=C(C#N)C3c2cccc(Oc3ccccc3)c2)cc1. The van der Waals surface area contributed by atoms with E-state index in [1.165, 1.54) is 5.56 Å². The van der Waals surface area contributed by atoms with Gasteiger partial charge < -0.3 is 24.7 Å². The van der Waals surface area contributed by atoms with Crippen LogP contribution in [0, 0.1) is 11.3 Å². The van der Waals surface area contributed by atoms with E-state index >= 15 is 0 Å². The van der Waals surface area contributed by atoms with Gasteiger partial charge >= 0.3 is 5.97 Å². The van der Waals surface area contributed by atoms with Crippen LogP contribution in [0.5, 0.6) is 28.7 Å². The Hall–Kier alpha value is -5.22. The molecule has 0 amide bonds. The molecule has 7 heteroatoms. The standard InChI is InChI=1S/C32H26N2O5/c1-2-21-11-13-23(14-12-21)36-20-30(35)38-26-15-16-27-29(18-26)39-32(34)28(19-33)31(27)22-7-6-10-25(17-22)37-24-8-4-3-5-9-24/h3-18,31H,2,20,34H2,1H3. The predicted molar refractivity (Wildman–Crippen MR) is 146 cm³/mol. The van der Waals surface area contributed by atoms with Gasteiger partial charge in [-0.2, -0.15) is 5.26 Å². The molecule has 0 aliphatic carbocycles. The van der Waals surface area contributed by atoms with Crippen LogP contribution in [0.1, 0.15) is 29.5 Å². The Bertz CT molecular complexity index is 1560. The van der Waals surface area contributed by atoms with Gasteiger partial charge in [0.2, 0.25) is 5.88 Å². The fraction of sp³-hybridized carbons (Fsp3) is 0.125. The Morgan fingerprint density at radius 2 is 1.64 bits per heavy atom. The molecule has 0 saturated carbocycles. The first-order valence-electron chi connectivity index (χ1n) is 12.5. The number of nitriles is 1. The average molecular weight is 519 g/mol. The number of esters is 1. The average Bonchev–Trinajstić information content (AvgIpc) is 2.96. The first-order valence-corrected chi connectivity index (χ1v) is 12.5. The molecular formula is C32H26N2O5. The third-order valence-corrected chi connectivity index (χ3v) is 6.28. The quantitative estimate of drug-likeness (QED) is 0.217. The predicted octanol–water partition coefficient (Wildman–Crippen LogP) is 6.24. The highest BCUT2D eigenvalue weighted by molar-refractivity contribution is 5.74. The second-order valence-electron chi connectivity index (χ2n) is 8.87. The lowest BCUT2D eigenvalue weighted by Crippen LogP contribution is -2.21. The number of nitrogens with two attached hydrogens (primary N) is 1. The number of hydrogen-bond acceptors (Lipinski definition) is 7. The zero-order valence-electron chi connectivity index (χ0n) is 21.3. The largest absolute Gasteiger partial charge is 0.482 e. The number of aryl methyl sites for hydroxylation is 1. The Morgan fingerprint density at radius 3 is 2.38 bits per heavy atom. The van der Waals surface area contributed by atoms with Crippen molar-refractivity contribution in [2.75, 3.05) is 6.61 Å². The van der Waals surface area contributed by atoms with Gasteiger partial charge in [0.15, 0.2) is 6.61 Å². The highest BCUT2D eigenvalue weighted by Gasteiger charge is 2.31. The Kier molecular flexibility index (Phi) is 7.46. The summed E-state index contributed by atoms with van der Waals surface area (Å²) >= 11 is 0. The summed E-state index contributed by atoms with van der Waals surface area (Å²) in [5, 5.41) is 9.90. The molecule has 1 unspecified atom stereocenters. The van der Waals surface area contributed by atoms with Crippen LogP contribution >= 0.6 is 0 Å². The zero-order valence-corrected chi connectivity index (χ0v) is 21.3. The van der Waals surface area contributed by atoms with Gasteiger partial charge in [-0.1, -0.05) is 55.5 Å².